The van der Waals surface area contributed by atoms with Gasteiger partial charge in [0.1, 0.15) is 0 Å². The van der Waals surface area contributed by atoms with Crippen LogP contribution in [0.3, 0.4) is 0 Å². The van der Waals surface area contributed by atoms with E-state index in [1.165, 1.54) is 4.90 Å². The standard InChI is InChI=1S/C11H22N2O3.C11H20N2O2.C7H10O3.C4H12N2.3CH4.H2O.2H2/c1-4-12-5-6-13-10(14)7-9(8(2)3)11(15)16;1-4-12-5-6-13-10(14)7-9(8(2)3)11(13)15;1-4(2)5-3-6(8)10-7(5)9;1-2-6-4-3-5;;;;;;/h8-9,12H,4-7H2,1-3H3,(H,13,14)(H,15,16);8-9,12H,4-7H2,1-3H3;4-5H,3H2,1-2H3;6H,2-5H2,1H3;3*1H4;1H2;2*1H/i;;;;;;;;2*1+1. The molecule has 0 spiro atoms. The first-order valence-electron chi connectivity index (χ1n) is 17.0. The van der Waals surface area contributed by atoms with E-state index < -0.39 is 11.9 Å². The summed E-state index contributed by atoms with van der Waals surface area (Å²) in [5, 5.41) is 20.9. The van der Waals surface area contributed by atoms with Crippen LogP contribution in [0, 0.1) is 35.5 Å². The molecule has 0 saturated carbocycles. The van der Waals surface area contributed by atoms with Crippen LogP contribution in [0.15, 0.2) is 0 Å². The maximum absolute atomic E-state index is 11.8. The molecule has 310 valence electrons. The summed E-state index contributed by atoms with van der Waals surface area (Å²) in [6.07, 6.45) is 0.707. The Hall–Kier alpha value is -2.98. The number of imide groups is 1. The van der Waals surface area contributed by atoms with Crippen molar-refractivity contribution in [3.05, 3.63) is 0 Å². The van der Waals surface area contributed by atoms with Crippen molar-refractivity contribution in [1.82, 2.24) is 26.2 Å². The lowest BCUT2D eigenvalue weighted by molar-refractivity contribution is -0.153. The maximum Gasteiger partial charge on any atom is 0.317 e. The van der Waals surface area contributed by atoms with E-state index in [2.05, 4.69) is 32.9 Å². The van der Waals surface area contributed by atoms with Crippen LogP contribution in [0.25, 0.3) is 0 Å². The minimum atomic E-state index is -0.906. The fourth-order valence-electron chi connectivity index (χ4n) is 4.46. The number of likely N-dealkylation sites (tertiary alicyclic amines) is 1. The molecule has 15 heteroatoms. The zero-order chi connectivity index (χ0) is 36.5. The smallest absolute Gasteiger partial charge is 0.317 e. The first-order chi connectivity index (χ1) is 22.1. The summed E-state index contributed by atoms with van der Waals surface area (Å²) in [5.41, 5.74) is 5.15. The third kappa shape index (κ3) is 27.4. The first-order valence-corrected chi connectivity index (χ1v) is 17.0. The quantitative estimate of drug-likeness (QED) is 0.0545. The molecule has 2 fully saturated rings. The van der Waals surface area contributed by atoms with Gasteiger partial charge in [-0.15, -0.1) is 0 Å². The summed E-state index contributed by atoms with van der Waals surface area (Å²) in [6, 6.07) is 0. The molecule has 3 unspecified atom stereocenters. The molecule has 15 nitrogen and oxygen atoms in total. The van der Waals surface area contributed by atoms with E-state index in [4.69, 9.17) is 10.8 Å². The van der Waals surface area contributed by atoms with Crippen LogP contribution < -0.4 is 27.0 Å². The van der Waals surface area contributed by atoms with Crippen molar-refractivity contribution < 1.29 is 46.9 Å². The normalized spacial score (nSPS) is 16.5. The number of hydrogen-bond acceptors (Lipinski definition) is 11. The third-order valence-electron chi connectivity index (χ3n) is 7.53. The molecule has 2 rings (SSSR count). The fourth-order valence-corrected chi connectivity index (χ4v) is 4.46. The monoisotopic (exact) mass is 745 g/mol. The number of cyclic esters (lactones) is 2. The predicted molar refractivity (Wildman–Crippen MR) is 210 cm³/mol. The highest BCUT2D eigenvalue weighted by atomic mass is 16.6. The Morgan fingerprint density at radius 3 is 1.65 bits per heavy atom. The molecule has 3 atom stereocenters. The van der Waals surface area contributed by atoms with E-state index in [1.807, 2.05) is 55.4 Å². The summed E-state index contributed by atoms with van der Waals surface area (Å²) in [4.78, 5) is 68.4. The molecule has 0 aliphatic carbocycles. The number of carboxylic acid groups (broad SMARTS) is 1. The van der Waals surface area contributed by atoms with Crippen molar-refractivity contribution >= 4 is 35.6 Å². The van der Waals surface area contributed by atoms with Crippen molar-refractivity contribution in [3.63, 3.8) is 0 Å². The average molecular weight is 745 g/mol. The maximum atomic E-state index is 11.8. The van der Waals surface area contributed by atoms with Crippen LogP contribution in [-0.2, 0) is 33.5 Å². The number of carbonyl (C=O) groups is 6. The molecule has 2 aliphatic rings. The van der Waals surface area contributed by atoms with Crippen molar-refractivity contribution in [3.8, 4) is 0 Å². The van der Waals surface area contributed by atoms with Crippen LogP contribution in [0.5, 0.6) is 0 Å². The number of amides is 3. The molecule has 3 amide bonds. The molecular weight excluding hydrogens is 660 g/mol. The number of nitrogens with two attached hydrogens (primary N) is 1. The molecule has 9 N–H and O–H groups in total. The lowest BCUT2D eigenvalue weighted by atomic mass is 9.92. The Morgan fingerprint density at radius 2 is 1.31 bits per heavy atom. The molecule has 0 aromatic rings. The van der Waals surface area contributed by atoms with Gasteiger partial charge in [0.2, 0.25) is 17.7 Å². The second kappa shape index (κ2) is 35.4. The van der Waals surface area contributed by atoms with Gasteiger partial charge >= 0.3 is 17.9 Å². The van der Waals surface area contributed by atoms with E-state index >= 15 is 0 Å². The topological polar surface area (TPSA) is 241 Å². The molecular formula is C36H82N6O9. The van der Waals surface area contributed by atoms with Crippen molar-refractivity contribution in [2.45, 2.75) is 104 Å². The Kier molecular flexibility index (Phi) is 41.8. The molecule has 2 saturated heterocycles. The van der Waals surface area contributed by atoms with Crippen molar-refractivity contribution in [2.24, 2.45) is 41.2 Å². The molecule has 0 aromatic heterocycles. The Labute approximate surface area is 312 Å². The first kappa shape index (κ1) is 60.1. The zero-order valence-corrected chi connectivity index (χ0v) is 30.8. The van der Waals surface area contributed by atoms with Gasteiger partial charge in [0.05, 0.1) is 18.3 Å². The molecule has 2 aliphatic heterocycles. The van der Waals surface area contributed by atoms with E-state index in [1.54, 1.807) is 0 Å². The van der Waals surface area contributed by atoms with Gasteiger partial charge in [-0.05, 0) is 37.4 Å². The highest BCUT2D eigenvalue weighted by Gasteiger charge is 2.39. The summed E-state index contributed by atoms with van der Waals surface area (Å²) in [7, 11) is 0. The molecule has 51 heavy (non-hydrogen) atoms. The van der Waals surface area contributed by atoms with Gasteiger partial charge in [0.15, 0.2) is 0 Å². The minimum Gasteiger partial charge on any atom is -0.481 e. The van der Waals surface area contributed by atoms with E-state index in [0.29, 0.717) is 32.6 Å². The van der Waals surface area contributed by atoms with Crippen LogP contribution in [0.4, 0.5) is 0 Å². The summed E-state index contributed by atoms with van der Waals surface area (Å²) < 4.78 is 4.36. The average Bonchev–Trinajstić information content (AvgIpc) is 3.50. The molecule has 0 radical (unpaired) electrons. The Bertz CT molecular complexity index is 956. The van der Waals surface area contributed by atoms with Gasteiger partial charge in [-0.1, -0.05) is 84.6 Å². The number of hydrogen-bond donors (Lipinski definition) is 6. The number of aliphatic carboxylic acids is 1. The van der Waals surface area contributed by atoms with Crippen molar-refractivity contribution in [2.75, 3.05) is 58.9 Å². The van der Waals surface area contributed by atoms with Crippen molar-refractivity contribution in [1.29, 1.82) is 0 Å². The Balaban J connectivity index is -0.0000000854. The number of ether oxygens (including phenoxy) is 1. The van der Waals surface area contributed by atoms with Gasteiger partial charge in [0.25, 0.3) is 0 Å². The van der Waals surface area contributed by atoms with E-state index in [9.17, 15) is 28.8 Å². The lowest BCUT2D eigenvalue weighted by Crippen LogP contribution is -2.37. The third-order valence-corrected chi connectivity index (χ3v) is 7.53. The largest absolute Gasteiger partial charge is 0.481 e. The summed E-state index contributed by atoms with van der Waals surface area (Å²) >= 11 is 0. The molecule has 0 bridgehead atoms. The fraction of sp³-hybridized carbons (Fsp3) is 0.833. The van der Waals surface area contributed by atoms with Crippen LogP contribution in [0.1, 0.15) is 107 Å². The number of carbonyl (C=O) groups excluding carboxylic acids is 5. The van der Waals surface area contributed by atoms with Gasteiger partial charge < -0.3 is 42.3 Å². The number of esters is 2. The van der Waals surface area contributed by atoms with Crippen LogP contribution in [0.2, 0.25) is 0 Å². The predicted octanol–water partition coefficient (Wildman–Crippen LogP) is 2.95. The number of carboxylic acids is 1. The highest BCUT2D eigenvalue weighted by molar-refractivity contribution is 6.03. The van der Waals surface area contributed by atoms with E-state index in [0.717, 1.165) is 32.7 Å². The SMILES string of the molecule is C.C.C.CC(C)C1CC(=O)OC1=O.CCNCCN.CCNCCN1C(=O)CC(C(C)C)C1=O.CCNCCNC(=O)CC(C(=O)O)C(C)C.O.[2HH].[2HH]. The minimum absolute atomic E-state index is 0. The number of likely N-dealkylation sites (N-methyl/N-ethyl adjacent to an activating group) is 3. The molecule has 0 aromatic carbocycles. The Morgan fingerprint density at radius 1 is 0.824 bits per heavy atom. The number of rotatable bonds is 17. The second-order valence-corrected chi connectivity index (χ2v) is 12.4. The van der Waals surface area contributed by atoms with E-state index in [-0.39, 0.29) is 103 Å². The second-order valence-electron chi connectivity index (χ2n) is 12.4. The van der Waals surface area contributed by atoms with Crippen LogP contribution >= 0.6 is 0 Å². The summed E-state index contributed by atoms with van der Waals surface area (Å²) in [6.45, 7) is 24.4. The lowest BCUT2D eigenvalue weighted by Gasteiger charge is -2.16. The number of nitrogens with one attached hydrogen (secondary N) is 4. The zero-order valence-electron chi connectivity index (χ0n) is 30.8. The summed E-state index contributed by atoms with van der Waals surface area (Å²) in [5.74, 6) is -2.32. The van der Waals surface area contributed by atoms with Crippen LogP contribution in [-0.4, -0.2) is 110 Å². The van der Waals surface area contributed by atoms with Gasteiger partial charge in [0, 0.05) is 60.9 Å². The van der Waals surface area contributed by atoms with Gasteiger partial charge in [-0.3, -0.25) is 33.7 Å². The van der Waals surface area contributed by atoms with Gasteiger partial charge in [-0.2, -0.15) is 0 Å². The number of nitrogens with zero attached hydrogens (tertiary/aromatic N) is 1. The molecule has 2 heterocycles. The highest BCUT2D eigenvalue weighted by Crippen LogP contribution is 2.26. The van der Waals surface area contributed by atoms with Gasteiger partial charge in [-0.25, -0.2) is 0 Å².